The van der Waals surface area contributed by atoms with Crippen LogP contribution in [0.1, 0.15) is 22.8 Å². The topological polar surface area (TPSA) is 96.5 Å². The Morgan fingerprint density at radius 2 is 2.04 bits per heavy atom. The number of para-hydroxylation sites is 1. The van der Waals surface area contributed by atoms with Crippen LogP contribution in [-0.2, 0) is 9.59 Å². The van der Waals surface area contributed by atoms with Gasteiger partial charge in [-0.25, -0.2) is 0 Å². The quantitative estimate of drug-likeness (QED) is 0.563. The molecule has 0 amide bonds. The Kier molecular flexibility index (Phi) is 3.11. The molecule has 2 bridgehead atoms. The van der Waals surface area contributed by atoms with Crippen molar-refractivity contribution in [2.24, 2.45) is 29.6 Å². The van der Waals surface area contributed by atoms with Crippen molar-refractivity contribution in [3.63, 3.8) is 0 Å². The van der Waals surface area contributed by atoms with Gasteiger partial charge in [0.05, 0.1) is 16.9 Å². The molecule has 2 fully saturated rings. The SMILES string of the molecule is O=C(O)[C@@H]1[C@H]2C[C@H]3[C@@H]1C(=O)Oc1ccccc1[C@@H]1c4sc(=O)[nH]c4S[C@H]2[C@H]13. The molecule has 6 rings (SSSR count). The maximum absolute atomic E-state index is 12.9. The van der Waals surface area contributed by atoms with Gasteiger partial charge in [0.2, 0.25) is 0 Å². The zero-order valence-corrected chi connectivity index (χ0v) is 15.6. The number of hydrogen-bond acceptors (Lipinski definition) is 6. The van der Waals surface area contributed by atoms with E-state index < -0.39 is 23.8 Å². The summed E-state index contributed by atoms with van der Waals surface area (Å²) < 4.78 is 5.72. The van der Waals surface area contributed by atoms with Crippen LogP contribution in [0.5, 0.6) is 5.75 Å². The maximum atomic E-state index is 12.9. The van der Waals surface area contributed by atoms with Gasteiger partial charge in [-0.3, -0.25) is 14.4 Å². The van der Waals surface area contributed by atoms with Crippen LogP contribution in [-0.4, -0.2) is 27.3 Å². The number of aromatic nitrogens is 1. The van der Waals surface area contributed by atoms with Crippen LogP contribution in [0.3, 0.4) is 0 Å². The number of carbonyl (C=O) groups is 2. The molecule has 1 aromatic carbocycles. The first-order valence-electron chi connectivity index (χ1n) is 8.97. The summed E-state index contributed by atoms with van der Waals surface area (Å²) in [5.41, 5.74) is 0.926. The molecule has 0 saturated heterocycles. The summed E-state index contributed by atoms with van der Waals surface area (Å²) in [6, 6.07) is 7.47. The predicted molar refractivity (Wildman–Crippen MR) is 98.2 cm³/mol. The first-order valence-corrected chi connectivity index (χ1v) is 10.7. The monoisotopic (exact) mass is 401 g/mol. The lowest BCUT2D eigenvalue weighted by molar-refractivity contribution is -0.156. The Balaban J connectivity index is 1.64. The minimum absolute atomic E-state index is 0.0233. The van der Waals surface area contributed by atoms with Crippen LogP contribution in [0.2, 0.25) is 0 Å². The Labute approximate surface area is 161 Å². The number of esters is 1. The van der Waals surface area contributed by atoms with Crippen molar-refractivity contribution in [1.82, 2.24) is 4.98 Å². The van der Waals surface area contributed by atoms with Crippen LogP contribution in [0, 0.1) is 29.6 Å². The van der Waals surface area contributed by atoms with Crippen LogP contribution >= 0.6 is 23.1 Å². The molecule has 3 heterocycles. The molecule has 6 nitrogen and oxygen atoms in total. The number of thioether (sulfide) groups is 1. The van der Waals surface area contributed by atoms with Crippen LogP contribution < -0.4 is 9.61 Å². The average molecular weight is 401 g/mol. The van der Waals surface area contributed by atoms with Crippen LogP contribution in [0.25, 0.3) is 0 Å². The summed E-state index contributed by atoms with van der Waals surface area (Å²) in [5, 5.41) is 10.8. The highest BCUT2D eigenvalue weighted by molar-refractivity contribution is 8.00. The predicted octanol–water partition coefficient (Wildman–Crippen LogP) is 2.54. The maximum Gasteiger partial charge on any atom is 0.315 e. The van der Waals surface area contributed by atoms with Gasteiger partial charge < -0.3 is 14.8 Å². The van der Waals surface area contributed by atoms with Crippen LogP contribution in [0.4, 0.5) is 0 Å². The zero-order valence-electron chi connectivity index (χ0n) is 14.0. The fourth-order valence-corrected chi connectivity index (χ4v) is 8.83. The van der Waals surface area contributed by atoms with E-state index in [4.69, 9.17) is 4.74 Å². The normalized spacial score (nSPS) is 37.8. The molecular weight excluding hydrogens is 386 g/mol. The van der Waals surface area contributed by atoms with E-state index in [1.807, 2.05) is 18.2 Å². The Hall–Kier alpha value is -2.06. The number of hydrogen-bond donors (Lipinski definition) is 2. The van der Waals surface area contributed by atoms with E-state index in [-0.39, 0.29) is 33.8 Å². The zero-order chi connectivity index (χ0) is 18.4. The molecule has 8 heteroatoms. The molecule has 0 unspecified atom stereocenters. The fraction of sp³-hybridized carbons (Fsp3) is 0.421. The molecule has 7 atom stereocenters. The number of ether oxygens (including phenoxy) is 1. The number of carboxylic acid groups (broad SMARTS) is 1. The minimum Gasteiger partial charge on any atom is -0.481 e. The number of rotatable bonds is 1. The van der Waals surface area contributed by atoms with Crippen molar-refractivity contribution >= 4 is 35.0 Å². The third-order valence-electron chi connectivity index (χ3n) is 6.73. The molecule has 0 spiro atoms. The van der Waals surface area contributed by atoms with Gasteiger partial charge in [-0.05, 0) is 30.2 Å². The highest BCUT2D eigenvalue weighted by atomic mass is 32.2. The fourth-order valence-electron chi connectivity index (χ4n) is 5.95. The number of benzene rings is 1. The van der Waals surface area contributed by atoms with Crippen molar-refractivity contribution in [2.75, 3.05) is 0 Å². The lowest BCUT2D eigenvalue weighted by Gasteiger charge is -2.45. The number of fused-ring (bicyclic) bond motifs is 6. The van der Waals surface area contributed by atoms with Crippen LogP contribution in [0.15, 0.2) is 34.1 Å². The highest BCUT2D eigenvalue weighted by Crippen LogP contribution is 2.68. The third kappa shape index (κ3) is 1.95. The van der Waals surface area contributed by atoms with Gasteiger partial charge in [0.25, 0.3) is 0 Å². The van der Waals surface area contributed by atoms with Gasteiger partial charge >= 0.3 is 16.8 Å². The average Bonchev–Trinajstić information content (AvgIpc) is 3.29. The third-order valence-corrected chi connectivity index (χ3v) is 9.32. The van der Waals surface area contributed by atoms with Gasteiger partial charge in [-0.15, -0.1) is 11.8 Å². The molecule has 4 aliphatic rings. The van der Waals surface area contributed by atoms with E-state index in [2.05, 4.69) is 4.98 Å². The second kappa shape index (κ2) is 5.26. The summed E-state index contributed by atoms with van der Waals surface area (Å²) in [5.74, 6) is -2.16. The van der Waals surface area contributed by atoms with Gasteiger partial charge in [0, 0.05) is 21.6 Å². The van der Waals surface area contributed by atoms with E-state index >= 15 is 0 Å². The Bertz CT molecular complexity index is 1060. The van der Waals surface area contributed by atoms with Crippen molar-refractivity contribution < 1.29 is 19.4 Å². The summed E-state index contributed by atoms with van der Waals surface area (Å²) in [6.45, 7) is 0. The molecule has 2 aromatic rings. The first-order chi connectivity index (χ1) is 13.0. The highest BCUT2D eigenvalue weighted by Gasteiger charge is 2.67. The van der Waals surface area contributed by atoms with Gasteiger partial charge in [-0.1, -0.05) is 29.5 Å². The molecule has 138 valence electrons. The standard InChI is InChI=1S/C19H15NO5S2/c21-17(22)12-8-5-7-11-10(15-16(26-14(8)11)20-19(24)27-15)6-3-1-2-4-9(6)25-18(23)13(7)12/h1-4,7-8,10-14H,5H2,(H,20,24)(H,21,22)/t7-,8-,10+,11+,12-,13+,14-/m1/s1. The summed E-state index contributed by atoms with van der Waals surface area (Å²) in [6.07, 6.45) is 0.733. The number of aliphatic carboxylic acids is 1. The van der Waals surface area contributed by atoms with E-state index in [0.717, 1.165) is 21.9 Å². The van der Waals surface area contributed by atoms with Crippen molar-refractivity contribution in [2.45, 2.75) is 22.6 Å². The molecule has 1 aromatic heterocycles. The summed E-state index contributed by atoms with van der Waals surface area (Å²) >= 11 is 2.83. The lowest BCUT2D eigenvalue weighted by atomic mass is 9.66. The minimum atomic E-state index is -0.918. The lowest BCUT2D eigenvalue weighted by Crippen LogP contribution is -2.49. The van der Waals surface area contributed by atoms with Crippen molar-refractivity contribution in [3.8, 4) is 5.75 Å². The molecule has 2 saturated carbocycles. The number of nitrogens with one attached hydrogen (secondary N) is 1. The number of carbonyl (C=O) groups excluding carboxylic acids is 1. The largest absolute Gasteiger partial charge is 0.481 e. The smallest absolute Gasteiger partial charge is 0.315 e. The molecule has 2 aliphatic carbocycles. The summed E-state index contributed by atoms with van der Waals surface area (Å²) in [4.78, 5) is 40.9. The first kappa shape index (κ1) is 15.9. The number of thiazole rings is 1. The number of H-pyrrole nitrogens is 1. The molecule has 0 radical (unpaired) electrons. The molecular formula is C19H15NO5S2. The molecule has 27 heavy (non-hydrogen) atoms. The number of aromatic amines is 1. The number of carboxylic acids is 1. The van der Waals surface area contributed by atoms with E-state index in [0.29, 0.717) is 5.75 Å². The van der Waals surface area contributed by atoms with Gasteiger partial charge in [0.1, 0.15) is 5.75 Å². The summed E-state index contributed by atoms with van der Waals surface area (Å²) in [7, 11) is 0. The van der Waals surface area contributed by atoms with Gasteiger partial charge in [-0.2, -0.15) is 0 Å². The van der Waals surface area contributed by atoms with E-state index in [1.54, 1.807) is 17.8 Å². The molecule has 2 aliphatic heterocycles. The van der Waals surface area contributed by atoms with E-state index in [1.165, 1.54) is 11.3 Å². The second-order valence-corrected chi connectivity index (χ2v) is 9.96. The van der Waals surface area contributed by atoms with Crippen molar-refractivity contribution in [1.29, 1.82) is 0 Å². The Morgan fingerprint density at radius 1 is 1.22 bits per heavy atom. The van der Waals surface area contributed by atoms with Crippen molar-refractivity contribution in [3.05, 3.63) is 44.4 Å². The second-order valence-electron chi connectivity index (χ2n) is 7.76. The van der Waals surface area contributed by atoms with E-state index in [9.17, 15) is 19.5 Å². The van der Waals surface area contributed by atoms with Gasteiger partial charge in [0.15, 0.2) is 0 Å². The molecule has 2 N–H and O–H groups in total. The Morgan fingerprint density at radius 3 is 2.85 bits per heavy atom.